The molecule has 1 fully saturated rings. The molecule has 2 heterocycles. The molecule has 0 aliphatic carbocycles. The molecule has 34 heavy (non-hydrogen) atoms. The van der Waals surface area contributed by atoms with E-state index in [1.165, 1.54) is 26.8 Å². The lowest BCUT2D eigenvalue weighted by molar-refractivity contribution is -0.122. The van der Waals surface area contributed by atoms with Crippen LogP contribution in [0.5, 0.6) is 0 Å². The normalized spacial score (nSPS) is 18.0. The molecule has 0 bridgehead atoms. The first-order chi connectivity index (χ1) is 16.2. The lowest BCUT2D eigenvalue weighted by Crippen LogP contribution is -2.42. The second-order valence-corrected chi connectivity index (χ2v) is 12.8. The van der Waals surface area contributed by atoms with Crippen molar-refractivity contribution in [3.8, 4) is 0 Å². The van der Waals surface area contributed by atoms with Gasteiger partial charge in [-0.3, -0.25) is 4.79 Å². The Kier molecular flexibility index (Phi) is 7.66. The lowest BCUT2D eigenvalue weighted by Gasteiger charge is -2.30. The van der Waals surface area contributed by atoms with Crippen molar-refractivity contribution in [1.82, 2.24) is 8.87 Å². The number of carbonyl (C=O) groups excluding carboxylic acids is 1. The average molecular weight is 518 g/mol. The van der Waals surface area contributed by atoms with Crippen LogP contribution in [0.15, 0.2) is 46.3 Å². The molecule has 0 spiro atoms. The Bertz CT molecular complexity index is 1370. The fourth-order valence-electron chi connectivity index (χ4n) is 4.21. The van der Waals surface area contributed by atoms with Crippen LogP contribution in [0.25, 0.3) is 10.2 Å². The second-order valence-electron chi connectivity index (χ2n) is 8.90. The molecule has 9 heteroatoms. The largest absolute Gasteiger partial charge is 0.316 e. The molecule has 0 N–H and O–H groups in total. The molecule has 1 aromatic heterocycles. The topological polar surface area (TPSA) is 71.7 Å². The molecule has 1 aliphatic heterocycles. The van der Waals surface area contributed by atoms with Crippen molar-refractivity contribution >= 4 is 49.2 Å². The van der Waals surface area contributed by atoms with Gasteiger partial charge in [-0.15, -0.1) is 0 Å². The summed E-state index contributed by atoms with van der Waals surface area (Å²) in [5.74, 6) is 0.255. The van der Waals surface area contributed by atoms with Gasteiger partial charge in [-0.25, -0.2) is 8.42 Å². The first-order valence-corrected chi connectivity index (χ1v) is 15.1. The van der Waals surface area contributed by atoms with Crippen molar-refractivity contribution in [3.05, 3.63) is 57.9 Å². The summed E-state index contributed by atoms with van der Waals surface area (Å²) in [6, 6.07) is 11.2. The number of aryl methyl sites for hydroxylation is 4. The number of piperidine rings is 1. The number of nitrogens with zero attached hydrogens (tertiary/aromatic N) is 3. The van der Waals surface area contributed by atoms with E-state index in [1.54, 1.807) is 36.0 Å². The van der Waals surface area contributed by atoms with Crippen molar-refractivity contribution in [2.45, 2.75) is 45.1 Å². The molecule has 4 rings (SSSR count). The van der Waals surface area contributed by atoms with Gasteiger partial charge in [-0.2, -0.15) is 21.1 Å². The summed E-state index contributed by atoms with van der Waals surface area (Å²) in [6.45, 7) is 7.48. The molecule has 1 atom stereocenters. The summed E-state index contributed by atoms with van der Waals surface area (Å²) in [4.78, 5) is 18.8. The van der Waals surface area contributed by atoms with Crippen molar-refractivity contribution in [3.63, 3.8) is 0 Å². The van der Waals surface area contributed by atoms with Crippen LogP contribution in [0.2, 0.25) is 0 Å². The number of hydrogen-bond donors (Lipinski definition) is 0. The zero-order valence-electron chi connectivity index (χ0n) is 20.1. The van der Waals surface area contributed by atoms with Crippen molar-refractivity contribution in [2.24, 2.45) is 10.9 Å². The van der Waals surface area contributed by atoms with Gasteiger partial charge in [0.25, 0.3) is 5.91 Å². The fraction of sp³-hybridized carbons (Fsp3) is 0.440. The highest BCUT2D eigenvalue weighted by Gasteiger charge is 2.33. The van der Waals surface area contributed by atoms with E-state index in [9.17, 15) is 13.2 Å². The van der Waals surface area contributed by atoms with Crippen LogP contribution < -0.4 is 4.80 Å². The predicted molar refractivity (Wildman–Crippen MR) is 141 cm³/mol. The molecule has 0 saturated carbocycles. The minimum absolute atomic E-state index is 0.173. The molecule has 3 aromatic rings. The molecule has 1 unspecified atom stereocenters. The predicted octanol–water partition coefficient (Wildman–Crippen LogP) is 4.52. The fourth-order valence-corrected chi connectivity index (χ4v) is 7.24. The van der Waals surface area contributed by atoms with E-state index in [4.69, 9.17) is 0 Å². The van der Waals surface area contributed by atoms with Gasteiger partial charge in [-0.05, 0) is 75.3 Å². The highest BCUT2D eigenvalue weighted by molar-refractivity contribution is 7.98. The van der Waals surface area contributed by atoms with Crippen LogP contribution in [0.3, 0.4) is 0 Å². The summed E-state index contributed by atoms with van der Waals surface area (Å²) >= 11 is 3.29. The Morgan fingerprint density at radius 1 is 1.15 bits per heavy atom. The zero-order chi connectivity index (χ0) is 24.5. The minimum atomic E-state index is -3.63. The molecule has 182 valence electrons. The van der Waals surface area contributed by atoms with Crippen LogP contribution in [-0.4, -0.2) is 48.3 Å². The molecular formula is C25H31N3O3S3. The van der Waals surface area contributed by atoms with Gasteiger partial charge in [-0.1, -0.05) is 29.0 Å². The monoisotopic (exact) mass is 517 g/mol. The first-order valence-electron chi connectivity index (χ1n) is 11.5. The third-order valence-electron chi connectivity index (χ3n) is 6.42. The number of thioether (sulfide) groups is 1. The van der Waals surface area contributed by atoms with E-state index >= 15 is 0 Å². The minimum Gasteiger partial charge on any atom is -0.316 e. The van der Waals surface area contributed by atoms with Gasteiger partial charge in [0.2, 0.25) is 10.0 Å². The summed E-state index contributed by atoms with van der Waals surface area (Å²) < 4.78 is 31.0. The van der Waals surface area contributed by atoms with E-state index in [1.807, 2.05) is 6.92 Å². The number of fused-ring (bicyclic) bond motifs is 1. The van der Waals surface area contributed by atoms with Crippen LogP contribution in [0.4, 0.5) is 0 Å². The number of thiazole rings is 1. The summed E-state index contributed by atoms with van der Waals surface area (Å²) in [5, 5.41) is 0. The van der Waals surface area contributed by atoms with Gasteiger partial charge in [0.05, 0.1) is 21.0 Å². The molecule has 0 radical (unpaired) electrons. The third kappa shape index (κ3) is 5.17. The van der Waals surface area contributed by atoms with Gasteiger partial charge in [0.15, 0.2) is 4.80 Å². The first kappa shape index (κ1) is 25.2. The average Bonchev–Trinajstić information content (AvgIpc) is 3.13. The van der Waals surface area contributed by atoms with Gasteiger partial charge in [0.1, 0.15) is 0 Å². The molecule has 1 saturated heterocycles. The van der Waals surface area contributed by atoms with E-state index < -0.39 is 15.9 Å². The Balaban J connectivity index is 1.64. The number of aromatic nitrogens is 1. The summed E-state index contributed by atoms with van der Waals surface area (Å²) in [6.07, 6.45) is 3.36. The number of rotatable bonds is 6. The van der Waals surface area contributed by atoms with Gasteiger partial charge in [0, 0.05) is 25.4 Å². The Morgan fingerprint density at radius 3 is 2.56 bits per heavy atom. The van der Waals surface area contributed by atoms with Gasteiger partial charge >= 0.3 is 0 Å². The highest BCUT2D eigenvalue weighted by atomic mass is 32.2. The van der Waals surface area contributed by atoms with Crippen LogP contribution in [0.1, 0.15) is 29.5 Å². The van der Waals surface area contributed by atoms with Crippen molar-refractivity contribution in [2.75, 3.05) is 25.1 Å². The number of carbonyl (C=O) groups is 1. The quantitative estimate of drug-likeness (QED) is 0.482. The van der Waals surface area contributed by atoms with Crippen LogP contribution in [0, 0.1) is 26.7 Å². The van der Waals surface area contributed by atoms with E-state index in [2.05, 4.69) is 41.8 Å². The number of hydrogen-bond acceptors (Lipinski definition) is 5. The number of amides is 1. The Morgan fingerprint density at radius 2 is 1.85 bits per heavy atom. The maximum atomic E-state index is 13.3. The van der Waals surface area contributed by atoms with Crippen LogP contribution in [-0.2, 0) is 21.4 Å². The highest BCUT2D eigenvalue weighted by Crippen LogP contribution is 2.26. The molecule has 2 aromatic carbocycles. The van der Waals surface area contributed by atoms with Crippen molar-refractivity contribution < 1.29 is 13.2 Å². The maximum Gasteiger partial charge on any atom is 0.252 e. The Labute approximate surface area is 209 Å². The maximum absolute atomic E-state index is 13.3. The van der Waals surface area contributed by atoms with E-state index in [-0.39, 0.29) is 17.3 Å². The molecule has 1 amide bonds. The Hall–Kier alpha value is -1.94. The summed E-state index contributed by atoms with van der Waals surface area (Å²) in [7, 11) is -3.63. The van der Waals surface area contributed by atoms with E-state index in [0.717, 1.165) is 28.1 Å². The standard InChI is InChI=1S/C25H31N3O3S3/c1-17-7-9-21(10-8-17)34(30,31)27-11-5-6-20(16-27)24(29)26-25-28(12-13-32-4)22-14-18(2)19(3)15-23(22)33-25/h7-10,14-15,20H,5-6,11-13,16H2,1-4H3. The van der Waals surface area contributed by atoms with Crippen molar-refractivity contribution in [1.29, 1.82) is 0 Å². The lowest BCUT2D eigenvalue weighted by atomic mass is 9.99. The van der Waals surface area contributed by atoms with Crippen LogP contribution >= 0.6 is 23.1 Å². The number of sulfonamides is 1. The van der Waals surface area contributed by atoms with E-state index in [0.29, 0.717) is 24.2 Å². The third-order valence-corrected chi connectivity index (χ3v) is 9.93. The zero-order valence-corrected chi connectivity index (χ0v) is 22.5. The SMILES string of the molecule is CSCCn1c(=NC(=O)C2CCCN(S(=O)(=O)c3ccc(C)cc3)C2)sc2cc(C)c(C)cc21. The molecular weight excluding hydrogens is 486 g/mol. The molecule has 1 aliphatic rings. The summed E-state index contributed by atoms with van der Waals surface area (Å²) in [5.41, 5.74) is 4.53. The van der Waals surface area contributed by atoms with Gasteiger partial charge < -0.3 is 4.57 Å². The second kappa shape index (κ2) is 10.4. The smallest absolute Gasteiger partial charge is 0.252 e. The molecule has 6 nitrogen and oxygen atoms in total. The number of benzene rings is 2.